The molecule has 1 rings (SSSR count). The van der Waals surface area contributed by atoms with Crippen molar-refractivity contribution in [3.05, 3.63) is 10.4 Å². The highest BCUT2D eigenvalue weighted by Gasteiger charge is 2.37. The predicted octanol–water partition coefficient (Wildman–Crippen LogP) is -0.256. The monoisotopic (exact) mass is 196 g/mol. The summed E-state index contributed by atoms with van der Waals surface area (Å²) in [6, 6.07) is -1.04. The first kappa shape index (κ1) is 10.2. The fraction of sp³-hybridized carbons (Fsp3) is 0.833. The van der Waals surface area contributed by atoms with Gasteiger partial charge in [-0.15, -0.1) is 0 Å². The maximum absolute atomic E-state index is 10.5. The molecule has 74 valence electrons. The van der Waals surface area contributed by atoms with Crippen molar-refractivity contribution in [3.8, 4) is 0 Å². The van der Waals surface area contributed by atoms with Gasteiger partial charge in [0.15, 0.2) is 0 Å². The normalized spacial score (nSPS) is 30.1. The van der Waals surface area contributed by atoms with Gasteiger partial charge < -0.3 is 9.90 Å². The Morgan fingerprint density at radius 1 is 1.43 bits per heavy atom. The minimum atomic E-state index is -1.18. The number of azide groups is 1. The van der Waals surface area contributed by atoms with Crippen molar-refractivity contribution in [3.63, 3.8) is 0 Å². The molecular weight excluding hydrogens is 188 g/mol. The van der Waals surface area contributed by atoms with Crippen molar-refractivity contribution in [2.24, 2.45) is 16.1 Å². The molecule has 8 nitrogen and oxygen atoms in total. The molecule has 0 aromatic rings. The fourth-order valence-electron chi connectivity index (χ4n) is 1.57. The number of nitrogens with one attached hydrogen (secondary N) is 1. The second-order valence-corrected chi connectivity index (χ2v) is 3.04. The van der Waals surface area contributed by atoms with Gasteiger partial charge in [-0.2, -0.15) is 0 Å². The highest BCUT2D eigenvalue weighted by Crippen LogP contribution is 2.30. The molecular formula is C6H8N6O2. The largest absolute Gasteiger partial charge is 0.550 e. The number of rotatable bonds is 3. The van der Waals surface area contributed by atoms with E-state index in [1.165, 1.54) is 0 Å². The van der Waals surface area contributed by atoms with Crippen LogP contribution in [-0.2, 0) is 4.79 Å². The third-order valence-electron chi connectivity index (χ3n) is 2.24. The molecule has 0 heterocycles. The molecule has 0 radical (unpaired) electrons. The first-order chi connectivity index (χ1) is 6.69. The van der Waals surface area contributed by atoms with Crippen molar-refractivity contribution >= 4 is 5.97 Å². The quantitative estimate of drug-likeness (QED) is 0.377. The molecule has 1 fully saturated rings. The second-order valence-electron chi connectivity index (χ2n) is 3.04. The number of aliphatic carboxylic acids is 1. The van der Waals surface area contributed by atoms with Gasteiger partial charge in [0.05, 0.1) is 6.04 Å². The van der Waals surface area contributed by atoms with Crippen molar-refractivity contribution in [1.82, 2.24) is 4.91 Å². The van der Waals surface area contributed by atoms with Crippen LogP contribution < -0.4 is 10.0 Å². The standard InChI is InChI=1S/C6H8N6O2/c7-11-9-4-1-3(6(13)14)2-5(4)10-12-8/h3-5,7H,1-2H2/t3?,4-,5-/m0/s1. The summed E-state index contributed by atoms with van der Waals surface area (Å²) < 4.78 is 0. The molecule has 1 N–H and O–H groups in total. The molecule has 1 unspecified atom stereocenters. The molecule has 14 heavy (non-hydrogen) atoms. The number of hydrogen-bond acceptors (Lipinski definition) is 5. The Labute approximate surface area is 78.8 Å². The van der Waals surface area contributed by atoms with Crippen LogP contribution in [-0.4, -0.2) is 18.1 Å². The summed E-state index contributed by atoms with van der Waals surface area (Å²) in [5.74, 6) is -1.84. The fourth-order valence-corrected chi connectivity index (χ4v) is 1.57. The Kier molecular flexibility index (Phi) is 3.17. The molecule has 1 saturated carbocycles. The Bertz CT molecular complexity index is 303. The smallest absolute Gasteiger partial charge is 0.214 e. The second kappa shape index (κ2) is 4.36. The van der Waals surface area contributed by atoms with Crippen LogP contribution in [0.15, 0.2) is 10.2 Å². The lowest BCUT2D eigenvalue weighted by molar-refractivity contribution is -0.311. The van der Waals surface area contributed by atoms with E-state index in [1.54, 1.807) is 0 Å². The lowest BCUT2D eigenvalue weighted by Gasteiger charge is -2.08. The molecule has 8 heteroatoms. The number of carboxylic acid groups (broad SMARTS) is 1. The van der Waals surface area contributed by atoms with E-state index in [4.69, 9.17) is 11.1 Å². The average Bonchev–Trinajstić information content (AvgIpc) is 2.50. The zero-order valence-electron chi connectivity index (χ0n) is 7.20. The molecule has 1 aliphatic rings. The zero-order valence-corrected chi connectivity index (χ0v) is 7.20. The molecule has 1 aliphatic carbocycles. The third-order valence-corrected chi connectivity index (χ3v) is 2.24. The SMILES string of the molecule is [N-]=[N+]=N[C@H]1CC(C(=O)[O-])C[C@@H]1N=[N+]=N. The van der Waals surface area contributed by atoms with E-state index in [0.29, 0.717) is 0 Å². The number of carbonyl (C=O) groups excluding carboxylic acids is 1. The highest BCUT2D eigenvalue weighted by atomic mass is 16.4. The maximum atomic E-state index is 10.5. The number of carbonyl (C=O) groups is 1. The van der Waals surface area contributed by atoms with Gasteiger partial charge in [0.2, 0.25) is 4.91 Å². The summed E-state index contributed by atoms with van der Waals surface area (Å²) in [7, 11) is 0. The minimum Gasteiger partial charge on any atom is -0.550 e. The van der Waals surface area contributed by atoms with Crippen LogP contribution in [0.2, 0.25) is 0 Å². The van der Waals surface area contributed by atoms with Crippen LogP contribution in [0.3, 0.4) is 0 Å². The first-order valence-electron chi connectivity index (χ1n) is 4.00. The summed E-state index contributed by atoms with van der Waals surface area (Å²) in [6.45, 7) is 0. The van der Waals surface area contributed by atoms with Gasteiger partial charge in [0.25, 0.3) is 0 Å². The zero-order chi connectivity index (χ0) is 10.6. The predicted molar refractivity (Wildman–Crippen MR) is 41.7 cm³/mol. The summed E-state index contributed by atoms with van der Waals surface area (Å²) in [5, 5.41) is 17.4. The minimum absolute atomic E-state index is 0.204. The van der Waals surface area contributed by atoms with Crippen molar-refractivity contribution < 1.29 is 9.90 Å². The summed E-state index contributed by atoms with van der Waals surface area (Å²) in [5.41, 5.74) is 14.7. The van der Waals surface area contributed by atoms with Crippen LogP contribution in [0.25, 0.3) is 10.4 Å². The van der Waals surface area contributed by atoms with Crippen LogP contribution in [0.4, 0.5) is 0 Å². The van der Waals surface area contributed by atoms with E-state index in [9.17, 15) is 9.90 Å². The van der Waals surface area contributed by atoms with E-state index in [-0.39, 0.29) is 12.8 Å². The van der Waals surface area contributed by atoms with Gasteiger partial charge in [0, 0.05) is 16.8 Å². The molecule has 0 amide bonds. The van der Waals surface area contributed by atoms with E-state index >= 15 is 0 Å². The van der Waals surface area contributed by atoms with Gasteiger partial charge in [0.1, 0.15) is 16.7 Å². The summed E-state index contributed by atoms with van der Waals surface area (Å²) in [6.07, 6.45) is 0.421. The maximum Gasteiger partial charge on any atom is 0.214 e. The first-order valence-corrected chi connectivity index (χ1v) is 4.00. The Morgan fingerprint density at radius 2 is 2.00 bits per heavy atom. The van der Waals surface area contributed by atoms with Gasteiger partial charge in [-0.05, 0) is 18.4 Å². The lowest BCUT2D eigenvalue weighted by Crippen LogP contribution is -2.30. The van der Waals surface area contributed by atoms with E-state index in [2.05, 4.69) is 20.1 Å². The van der Waals surface area contributed by atoms with Crippen LogP contribution in [0.5, 0.6) is 0 Å². The van der Waals surface area contributed by atoms with E-state index < -0.39 is 24.0 Å². The van der Waals surface area contributed by atoms with Crippen molar-refractivity contribution in [2.45, 2.75) is 24.9 Å². The molecule has 0 spiro atoms. The molecule has 3 atom stereocenters. The lowest BCUT2D eigenvalue weighted by atomic mass is 10.1. The Morgan fingerprint density at radius 3 is 2.43 bits per heavy atom. The van der Waals surface area contributed by atoms with E-state index in [0.717, 1.165) is 0 Å². The third kappa shape index (κ3) is 2.07. The van der Waals surface area contributed by atoms with Gasteiger partial charge >= 0.3 is 0 Å². The van der Waals surface area contributed by atoms with Crippen LogP contribution >= 0.6 is 0 Å². The summed E-state index contributed by atoms with van der Waals surface area (Å²) in [4.78, 5) is 16.0. The molecule has 0 aromatic heterocycles. The van der Waals surface area contributed by atoms with Crippen molar-refractivity contribution in [2.75, 3.05) is 0 Å². The molecule has 0 aromatic carbocycles. The van der Waals surface area contributed by atoms with Crippen LogP contribution in [0, 0.1) is 11.4 Å². The van der Waals surface area contributed by atoms with Gasteiger partial charge in [-0.3, -0.25) is 0 Å². The van der Waals surface area contributed by atoms with Gasteiger partial charge in [-0.25, -0.2) is 0 Å². The molecule has 0 aliphatic heterocycles. The highest BCUT2D eigenvalue weighted by molar-refractivity contribution is 5.68. The molecule has 0 saturated heterocycles. The van der Waals surface area contributed by atoms with Crippen LogP contribution in [0.1, 0.15) is 12.8 Å². The van der Waals surface area contributed by atoms with Crippen molar-refractivity contribution in [1.29, 1.82) is 5.53 Å². The average molecular weight is 196 g/mol. The van der Waals surface area contributed by atoms with Gasteiger partial charge in [-0.1, -0.05) is 5.11 Å². The Hall–Kier alpha value is -1.91. The summed E-state index contributed by atoms with van der Waals surface area (Å²) >= 11 is 0. The number of hydrogen-bond donors (Lipinski definition) is 1. The Balaban J connectivity index is 2.79. The topological polar surface area (TPSA) is 139 Å². The molecule has 0 bridgehead atoms. The number of carboxylic acids is 1. The number of nitrogens with zero attached hydrogens (tertiary/aromatic N) is 5. The van der Waals surface area contributed by atoms with E-state index in [1.807, 2.05) is 0 Å².